The predicted molar refractivity (Wildman–Crippen MR) is 56.9 cm³/mol. The molecule has 1 aliphatic rings. The Balaban J connectivity index is 0.000000845. The van der Waals surface area contributed by atoms with Gasteiger partial charge in [-0.05, 0) is 37.1 Å². The van der Waals surface area contributed by atoms with Crippen molar-refractivity contribution in [1.29, 1.82) is 0 Å². The molecule has 1 aliphatic heterocycles. The SMILES string of the molecule is CCN1CCc2cc(O)ccc21.Cl. The van der Waals surface area contributed by atoms with Crippen molar-refractivity contribution >= 4 is 18.1 Å². The molecule has 0 unspecified atom stereocenters. The lowest BCUT2D eigenvalue weighted by atomic mass is 10.1. The Morgan fingerprint density at radius 1 is 1.46 bits per heavy atom. The van der Waals surface area contributed by atoms with Crippen molar-refractivity contribution in [1.82, 2.24) is 0 Å². The summed E-state index contributed by atoms with van der Waals surface area (Å²) in [4.78, 5) is 2.33. The fourth-order valence-corrected chi connectivity index (χ4v) is 1.78. The van der Waals surface area contributed by atoms with E-state index in [1.165, 1.54) is 11.3 Å². The third-order valence-electron chi connectivity index (χ3n) is 2.44. The molecule has 13 heavy (non-hydrogen) atoms. The maximum Gasteiger partial charge on any atom is 0.116 e. The Bertz CT molecular complexity index is 301. The number of rotatable bonds is 1. The Morgan fingerprint density at radius 2 is 2.23 bits per heavy atom. The Labute approximate surface area is 84.6 Å². The zero-order valence-corrected chi connectivity index (χ0v) is 8.47. The van der Waals surface area contributed by atoms with Crippen LogP contribution < -0.4 is 4.90 Å². The van der Waals surface area contributed by atoms with E-state index in [4.69, 9.17) is 0 Å². The monoisotopic (exact) mass is 199 g/mol. The first-order valence-corrected chi connectivity index (χ1v) is 4.38. The van der Waals surface area contributed by atoms with Gasteiger partial charge in [-0.25, -0.2) is 0 Å². The molecule has 0 amide bonds. The van der Waals surface area contributed by atoms with Gasteiger partial charge in [0.2, 0.25) is 0 Å². The van der Waals surface area contributed by atoms with Gasteiger partial charge in [0.1, 0.15) is 5.75 Å². The van der Waals surface area contributed by atoms with E-state index in [0.717, 1.165) is 19.5 Å². The van der Waals surface area contributed by atoms with Gasteiger partial charge >= 0.3 is 0 Å². The smallest absolute Gasteiger partial charge is 0.116 e. The average Bonchev–Trinajstić information content (AvgIpc) is 2.46. The van der Waals surface area contributed by atoms with Crippen molar-refractivity contribution in [3.05, 3.63) is 23.8 Å². The summed E-state index contributed by atoms with van der Waals surface area (Å²) in [6, 6.07) is 5.62. The summed E-state index contributed by atoms with van der Waals surface area (Å²) in [6.45, 7) is 4.30. The lowest BCUT2D eigenvalue weighted by Gasteiger charge is -2.15. The zero-order valence-electron chi connectivity index (χ0n) is 7.66. The number of hydrogen-bond donors (Lipinski definition) is 1. The molecule has 2 nitrogen and oxygen atoms in total. The van der Waals surface area contributed by atoms with E-state index >= 15 is 0 Å². The van der Waals surface area contributed by atoms with Crippen molar-refractivity contribution in [2.75, 3.05) is 18.0 Å². The zero-order chi connectivity index (χ0) is 8.55. The van der Waals surface area contributed by atoms with Crippen molar-refractivity contribution in [3.8, 4) is 5.75 Å². The maximum absolute atomic E-state index is 9.24. The number of likely N-dealkylation sites (N-methyl/N-ethyl adjacent to an activating group) is 1. The van der Waals surface area contributed by atoms with E-state index in [9.17, 15) is 5.11 Å². The highest BCUT2D eigenvalue weighted by Gasteiger charge is 2.16. The molecule has 0 spiro atoms. The summed E-state index contributed by atoms with van der Waals surface area (Å²) in [5.74, 6) is 0.381. The summed E-state index contributed by atoms with van der Waals surface area (Å²) in [5, 5.41) is 9.24. The van der Waals surface area contributed by atoms with Crippen molar-refractivity contribution in [2.45, 2.75) is 13.3 Å². The molecule has 1 N–H and O–H groups in total. The molecule has 1 aromatic carbocycles. The van der Waals surface area contributed by atoms with Crippen LogP contribution in [0, 0.1) is 0 Å². The van der Waals surface area contributed by atoms with E-state index in [1.807, 2.05) is 12.1 Å². The lowest BCUT2D eigenvalue weighted by molar-refractivity contribution is 0.475. The minimum absolute atomic E-state index is 0. The molecule has 0 atom stereocenters. The van der Waals surface area contributed by atoms with Crippen LogP contribution in [-0.4, -0.2) is 18.2 Å². The second-order valence-electron chi connectivity index (χ2n) is 3.14. The predicted octanol–water partition coefficient (Wildman–Crippen LogP) is 2.20. The summed E-state index contributed by atoms with van der Waals surface area (Å²) in [5.41, 5.74) is 2.56. The molecule has 0 saturated carbocycles. The molecule has 3 heteroatoms. The molecular weight excluding hydrogens is 186 g/mol. The van der Waals surface area contributed by atoms with Crippen LogP contribution in [0.5, 0.6) is 5.75 Å². The van der Waals surface area contributed by atoms with Crippen molar-refractivity contribution in [3.63, 3.8) is 0 Å². The summed E-state index contributed by atoms with van der Waals surface area (Å²) >= 11 is 0. The van der Waals surface area contributed by atoms with Crippen LogP contribution in [0.15, 0.2) is 18.2 Å². The number of phenolic OH excluding ortho intramolecular Hbond substituents is 1. The molecule has 72 valence electrons. The van der Waals surface area contributed by atoms with E-state index in [0.29, 0.717) is 5.75 Å². The molecule has 0 aliphatic carbocycles. The van der Waals surface area contributed by atoms with Gasteiger partial charge in [0.15, 0.2) is 0 Å². The highest BCUT2D eigenvalue weighted by atomic mass is 35.5. The molecular formula is C10H14ClNO. The van der Waals surface area contributed by atoms with Crippen molar-refractivity contribution < 1.29 is 5.11 Å². The standard InChI is InChI=1S/C10H13NO.ClH/c1-2-11-6-5-8-7-9(12)3-4-10(8)11;/h3-4,7,12H,2,5-6H2,1H3;1H. The van der Waals surface area contributed by atoms with E-state index < -0.39 is 0 Å². The Kier molecular flexibility index (Phi) is 3.04. The van der Waals surface area contributed by atoms with E-state index in [-0.39, 0.29) is 12.4 Å². The van der Waals surface area contributed by atoms with E-state index in [1.54, 1.807) is 6.07 Å². The molecule has 0 saturated heterocycles. The number of hydrogen-bond acceptors (Lipinski definition) is 2. The third kappa shape index (κ3) is 1.73. The normalized spacial score (nSPS) is 13.8. The second-order valence-corrected chi connectivity index (χ2v) is 3.14. The minimum atomic E-state index is 0. The molecule has 0 aromatic heterocycles. The topological polar surface area (TPSA) is 23.5 Å². The number of anilines is 1. The van der Waals surface area contributed by atoms with Gasteiger partial charge < -0.3 is 10.0 Å². The molecule has 0 bridgehead atoms. The molecule has 1 aromatic rings. The van der Waals surface area contributed by atoms with Gasteiger partial charge in [-0.3, -0.25) is 0 Å². The minimum Gasteiger partial charge on any atom is -0.508 e. The van der Waals surface area contributed by atoms with Crippen molar-refractivity contribution in [2.24, 2.45) is 0 Å². The highest BCUT2D eigenvalue weighted by molar-refractivity contribution is 5.85. The summed E-state index contributed by atoms with van der Waals surface area (Å²) < 4.78 is 0. The number of benzene rings is 1. The van der Waals surface area contributed by atoms with Gasteiger partial charge in [0, 0.05) is 18.8 Å². The largest absolute Gasteiger partial charge is 0.508 e. The van der Waals surface area contributed by atoms with Gasteiger partial charge in [-0.15, -0.1) is 12.4 Å². The van der Waals surface area contributed by atoms with Crippen LogP contribution in [0.3, 0.4) is 0 Å². The summed E-state index contributed by atoms with van der Waals surface area (Å²) in [7, 11) is 0. The third-order valence-corrected chi connectivity index (χ3v) is 2.44. The summed E-state index contributed by atoms with van der Waals surface area (Å²) in [6.07, 6.45) is 1.07. The number of nitrogens with zero attached hydrogens (tertiary/aromatic N) is 1. The lowest BCUT2D eigenvalue weighted by Crippen LogP contribution is -2.18. The van der Waals surface area contributed by atoms with Gasteiger partial charge in [0.25, 0.3) is 0 Å². The maximum atomic E-state index is 9.24. The Morgan fingerprint density at radius 3 is 2.92 bits per heavy atom. The van der Waals surface area contributed by atoms with Crippen LogP contribution in [-0.2, 0) is 6.42 Å². The van der Waals surface area contributed by atoms with E-state index in [2.05, 4.69) is 11.8 Å². The number of phenols is 1. The van der Waals surface area contributed by atoms with Gasteiger partial charge in [0.05, 0.1) is 0 Å². The Hall–Kier alpha value is -0.890. The first-order valence-electron chi connectivity index (χ1n) is 4.38. The first-order chi connectivity index (χ1) is 5.81. The average molecular weight is 200 g/mol. The number of aromatic hydroxyl groups is 1. The molecule has 1 heterocycles. The second kappa shape index (κ2) is 3.88. The number of halogens is 1. The fourth-order valence-electron chi connectivity index (χ4n) is 1.78. The van der Waals surface area contributed by atoms with Crippen LogP contribution >= 0.6 is 12.4 Å². The molecule has 0 fully saturated rings. The first kappa shape index (κ1) is 10.2. The van der Waals surface area contributed by atoms with Gasteiger partial charge in [-0.1, -0.05) is 0 Å². The van der Waals surface area contributed by atoms with Crippen LogP contribution in [0.2, 0.25) is 0 Å². The van der Waals surface area contributed by atoms with Crippen LogP contribution in [0.1, 0.15) is 12.5 Å². The molecule has 0 radical (unpaired) electrons. The van der Waals surface area contributed by atoms with Gasteiger partial charge in [-0.2, -0.15) is 0 Å². The fraction of sp³-hybridized carbons (Fsp3) is 0.400. The molecule has 2 rings (SSSR count). The number of fused-ring (bicyclic) bond motifs is 1. The highest BCUT2D eigenvalue weighted by Crippen LogP contribution is 2.30. The van der Waals surface area contributed by atoms with Crippen LogP contribution in [0.4, 0.5) is 5.69 Å². The quantitative estimate of drug-likeness (QED) is 0.750. The van der Waals surface area contributed by atoms with Crippen LogP contribution in [0.25, 0.3) is 0 Å².